The number of ether oxygens (including phenoxy) is 1. The molecule has 7 heteroatoms. The number of fused-ring (bicyclic) bond motifs is 1. The average Bonchev–Trinajstić information content (AvgIpc) is 3.16. The number of hydrogen-bond donors (Lipinski definition) is 1. The molecular formula is C24H27N3O3S. The van der Waals surface area contributed by atoms with Gasteiger partial charge < -0.3 is 10.1 Å². The zero-order valence-electron chi connectivity index (χ0n) is 17.9. The standard InChI is InChI=1S/C24H27N3O3S/c1-16-3-5-19(13-17(16)2)21(28)7-8-23(29)26-24-25-20-6-4-18(14-22(20)31-24)15-27-9-11-30-12-10-27/h3-6,13-14H,7-12,15H2,1-2H3,(H,25,26,29). The molecule has 1 aromatic heterocycles. The van der Waals surface area contributed by atoms with E-state index < -0.39 is 0 Å². The molecule has 1 saturated heterocycles. The molecule has 2 heterocycles. The van der Waals surface area contributed by atoms with E-state index in [0.717, 1.165) is 54.2 Å². The number of nitrogens with one attached hydrogen (secondary N) is 1. The number of ketones is 1. The minimum Gasteiger partial charge on any atom is -0.379 e. The molecule has 0 radical (unpaired) electrons. The molecule has 6 nitrogen and oxygen atoms in total. The first-order valence-corrected chi connectivity index (χ1v) is 11.4. The summed E-state index contributed by atoms with van der Waals surface area (Å²) < 4.78 is 6.45. The number of carbonyl (C=O) groups is 2. The molecule has 0 bridgehead atoms. The number of aryl methyl sites for hydroxylation is 2. The van der Waals surface area contributed by atoms with Crippen LogP contribution in [0.5, 0.6) is 0 Å². The molecule has 1 aliphatic rings. The molecule has 1 N–H and O–H groups in total. The average molecular weight is 438 g/mol. The fourth-order valence-corrected chi connectivity index (χ4v) is 4.55. The van der Waals surface area contributed by atoms with Crippen LogP contribution in [0.4, 0.5) is 5.13 Å². The van der Waals surface area contributed by atoms with E-state index in [1.807, 2.05) is 38.1 Å². The van der Waals surface area contributed by atoms with Crippen molar-refractivity contribution in [1.29, 1.82) is 0 Å². The summed E-state index contributed by atoms with van der Waals surface area (Å²) in [4.78, 5) is 31.7. The van der Waals surface area contributed by atoms with Crippen LogP contribution in [-0.4, -0.2) is 47.9 Å². The maximum absolute atomic E-state index is 12.4. The maximum atomic E-state index is 12.4. The first-order chi connectivity index (χ1) is 15.0. The number of amides is 1. The SMILES string of the molecule is Cc1ccc(C(=O)CCC(=O)Nc2nc3ccc(CN4CCOCC4)cc3s2)cc1C. The van der Waals surface area contributed by atoms with Crippen molar-refractivity contribution < 1.29 is 14.3 Å². The Labute approximate surface area is 186 Å². The second-order valence-electron chi connectivity index (χ2n) is 7.98. The third-order valence-corrected chi connectivity index (χ3v) is 6.55. The van der Waals surface area contributed by atoms with Gasteiger partial charge in [-0.1, -0.05) is 29.5 Å². The summed E-state index contributed by atoms with van der Waals surface area (Å²) in [5.74, 6) is -0.208. The Kier molecular flexibility index (Phi) is 6.75. The van der Waals surface area contributed by atoms with E-state index in [9.17, 15) is 9.59 Å². The van der Waals surface area contributed by atoms with Crippen LogP contribution in [0.1, 0.15) is 39.9 Å². The van der Waals surface area contributed by atoms with Gasteiger partial charge in [-0.2, -0.15) is 0 Å². The molecule has 0 atom stereocenters. The van der Waals surface area contributed by atoms with E-state index in [1.54, 1.807) is 0 Å². The van der Waals surface area contributed by atoms with Gasteiger partial charge in [0, 0.05) is 38.0 Å². The highest BCUT2D eigenvalue weighted by Gasteiger charge is 2.14. The Balaban J connectivity index is 1.33. The Morgan fingerprint density at radius 1 is 1.06 bits per heavy atom. The van der Waals surface area contributed by atoms with Gasteiger partial charge in [0.05, 0.1) is 23.4 Å². The highest BCUT2D eigenvalue weighted by atomic mass is 32.1. The number of hydrogen-bond acceptors (Lipinski definition) is 6. The monoisotopic (exact) mass is 437 g/mol. The summed E-state index contributed by atoms with van der Waals surface area (Å²) in [6, 6.07) is 11.9. The predicted octanol–water partition coefficient (Wildman–Crippen LogP) is 4.35. The van der Waals surface area contributed by atoms with Crippen molar-refractivity contribution in [3.05, 3.63) is 58.7 Å². The van der Waals surface area contributed by atoms with Crippen molar-refractivity contribution in [1.82, 2.24) is 9.88 Å². The normalized spacial score (nSPS) is 14.6. The second kappa shape index (κ2) is 9.68. The smallest absolute Gasteiger partial charge is 0.226 e. The highest BCUT2D eigenvalue weighted by Crippen LogP contribution is 2.27. The van der Waals surface area contributed by atoms with Crippen molar-refractivity contribution in [2.24, 2.45) is 0 Å². The molecule has 1 amide bonds. The number of benzene rings is 2. The molecule has 0 aliphatic carbocycles. The minimum atomic E-state index is -0.190. The lowest BCUT2D eigenvalue weighted by Crippen LogP contribution is -2.35. The number of anilines is 1. The summed E-state index contributed by atoms with van der Waals surface area (Å²) in [6.45, 7) is 8.35. The second-order valence-corrected chi connectivity index (χ2v) is 9.01. The van der Waals surface area contributed by atoms with Gasteiger partial charge in [-0.3, -0.25) is 14.5 Å². The summed E-state index contributed by atoms with van der Waals surface area (Å²) >= 11 is 1.46. The van der Waals surface area contributed by atoms with Crippen molar-refractivity contribution in [3.63, 3.8) is 0 Å². The first-order valence-electron chi connectivity index (χ1n) is 10.6. The van der Waals surface area contributed by atoms with Crippen molar-refractivity contribution in [2.75, 3.05) is 31.6 Å². The number of morpholine rings is 1. The highest BCUT2D eigenvalue weighted by molar-refractivity contribution is 7.22. The Morgan fingerprint density at radius 3 is 2.65 bits per heavy atom. The number of thiazole rings is 1. The van der Waals surface area contributed by atoms with Crippen LogP contribution in [0.2, 0.25) is 0 Å². The molecule has 0 unspecified atom stereocenters. The van der Waals surface area contributed by atoms with Crippen LogP contribution in [0.15, 0.2) is 36.4 Å². The summed E-state index contributed by atoms with van der Waals surface area (Å²) in [6.07, 6.45) is 0.326. The third-order valence-electron chi connectivity index (χ3n) is 5.62. The van der Waals surface area contributed by atoms with Gasteiger partial charge in [0.1, 0.15) is 0 Å². The molecule has 4 rings (SSSR count). The zero-order chi connectivity index (χ0) is 21.8. The number of rotatable bonds is 7. The van der Waals surface area contributed by atoms with Crippen LogP contribution in [0.3, 0.4) is 0 Å². The quantitative estimate of drug-likeness (QED) is 0.557. The molecular weight excluding hydrogens is 410 g/mol. The fourth-order valence-electron chi connectivity index (χ4n) is 3.61. The van der Waals surface area contributed by atoms with Crippen LogP contribution >= 0.6 is 11.3 Å². The zero-order valence-corrected chi connectivity index (χ0v) is 18.8. The maximum Gasteiger partial charge on any atom is 0.226 e. The van der Waals surface area contributed by atoms with Crippen LogP contribution in [0, 0.1) is 13.8 Å². The van der Waals surface area contributed by atoms with Crippen LogP contribution in [0.25, 0.3) is 10.2 Å². The van der Waals surface area contributed by atoms with Crippen molar-refractivity contribution in [3.8, 4) is 0 Å². The Bertz CT molecular complexity index is 1100. The summed E-state index contributed by atoms with van der Waals surface area (Å²) in [5, 5.41) is 3.42. The van der Waals surface area contributed by atoms with E-state index in [4.69, 9.17) is 4.74 Å². The van der Waals surface area contributed by atoms with Crippen LogP contribution in [-0.2, 0) is 16.1 Å². The molecule has 162 valence electrons. The van der Waals surface area contributed by atoms with Crippen LogP contribution < -0.4 is 5.32 Å². The van der Waals surface area contributed by atoms with E-state index in [0.29, 0.717) is 10.7 Å². The molecule has 3 aromatic rings. The van der Waals surface area contributed by atoms with E-state index in [1.165, 1.54) is 16.9 Å². The van der Waals surface area contributed by atoms with Gasteiger partial charge in [0.2, 0.25) is 5.91 Å². The number of nitrogens with zero attached hydrogens (tertiary/aromatic N) is 2. The van der Waals surface area contributed by atoms with Gasteiger partial charge in [-0.25, -0.2) is 4.98 Å². The van der Waals surface area contributed by atoms with E-state index in [-0.39, 0.29) is 24.5 Å². The minimum absolute atomic E-state index is 0.0182. The first kappa shape index (κ1) is 21.6. The Morgan fingerprint density at radius 2 is 1.87 bits per heavy atom. The molecule has 0 saturated carbocycles. The molecule has 2 aromatic carbocycles. The third kappa shape index (κ3) is 5.55. The van der Waals surface area contributed by atoms with Gasteiger partial charge in [0.25, 0.3) is 0 Å². The van der Waals surface area contributed by atoms with Gasteiger partial charge in [-0.15, -0.1) is 0 Å². The molecule has 1 aliphatic heterocycles. The molecule has 1 fully saturated rings. The summed E-state index contributed by atoms with van der Waals surface area (Å²) in [7, 11) is 0. The fraction of sp³-hybridized carbons (Fsp3) is 0.375. The summed E-state index contributed by atoms with van der Waals surface area (Å²) in [5.41, 5.74) is 4.99. The molecule has 0 spiro atoms. The van der Waals surface area contributed by atoms with Crippen molar-refractivity contribution >= 4 is 38.4 Å². The van der Waals surface area contributed by atoms with E-state index >= 15 is 0 Å². The lowest BCUT2D eigenvalue weighted by atomic mass is 10.0. The lowest BCUT2D eigenvalue weighted by Gasteiger charge is -2.26. The number of aromatic nitrogens is 1. The van der Waals surface area contributed by atoms with Crippen molar-refractivity contribution in [2.45, 2.75) is 33.2 Å². The van der Waals surface area contributed by atoms with E-state index in [2.05, 4.69) is 27.3 Å². The van der Waals surface area contributed by atoms with Gasteiger partial charge >= 0.3 is 0 Å². The number of carbonyl (C=O) groups excluding carboxylic acids is 2. The van der Waals surface area contributed by atoms with Gasteiger partial charge in [0.15, 0.2) is 10.9 Å². The number of Topliss-reactive ketones (excluding diaryl/α,β-unsaturated/α-hetero) is 1. The Hall–Kier alpha value is -2.61. The largest absolute Gasteiger partial charge is 0.379 e. The van der Waals surface area contributed by atoms with Gasteiger partial charge in [-0.05, 0) is 48.7 Å². The molecule has 31 heavy (non-hydrogen) atoms. The lowest BCUT2D eigenvalue weighted by molar-refractivity contribution is -0.116. The predicted molar refractivity (Wildman–Crippen MR) is 124 cm³/mol. The topological polar surface area (TPSA) is 71.5 Å².